The molecular weight excluding hydrogens is 804 g/mol. The first-order valence-electron chi connectivity index (χ1n) is 16.9. The number of hydrogen-bond acceptors (Lipinski definition) is 6. The first-order valence-corrected chi connectivity index (χ1v) is 16.9. The Morgan fingerprint density at radius 2 is 0.638 bits per heavy atom. The van der Waals surface area contributed by atoms with Gasteiger partial charge >= 0.3 is 24.7 Å². The number of alkyl halides is 12. The SMILES string of the molecule is Nc1ccc(-c2ccc(N3C(=O)C4CC5C(=O)N(c6ccc(-c7ccc(N)cc7C(F)(F)F)c(C(F)(F)F)c6)C(=O)C5CC4C3=O)cc2C(F)(F)F)c(C(F)(F)F)c1. The number of carbonyl (C=O) groups is 4. The van der Waals surface area contributed by atoms with Crippen LogP contribution < -0.4 is 21.3 Å². The van der Waals surface area contributed by atoms with E-state index in [-0.39, 0.29) is 11.4 Å². The number of amides is 4. The predicted molar refractivity (Wildman–Crippen MR) is 181 cm³/mol. The number of halogens is 12. The monoisotopic (exact) mass is 828 g/mol. The molecule has 7 rings (SSSR count). The molecule has 4 atom stereocenters. The number of hydrogen-bond donors (Lipinski definition) is 2. The number of nitrogens with zero attached hydrogens (tertiary/aromatic N) is 2. The van der Waals surface area contributed by atoms with E-state index in [2.05, 4.69) is 0 Å². The molecule has 304 valence electrons. The van der Waals surface area contributed by atoms with E-state index in [9.17, 15) is 71.9 Å². The summed E-state index contributed by atoms with van der Waals surface area (Å²) >= 11 is 0. The Balaban J connectivity index is 1.20. The van der Waals surface area contributed by atoms with Gasteiger partial charge in [-0.05, 0) is 83.6 Å². The summed E-state index contributed by atoms with van der Waals surface area (Å²) in [5.74, 6) is -9.96. The van der Waals surface area contributed by atoms with Gasteiger partial charge in [-0.2, -0.15) is 52.7 Å². The quantitative estimate of drug-likeness (QED) is 0.120. The molecule has 20 heteroatoms. The summed E-state index contributed by atoms with van der Waals surface area (Å²) in [5.41, 5.74) is -1.10. The number of carbonyl (C=O) groups excluding carboxylic acids is 4. The van der Waals surface area contributed by atoms with Crippen molar-refractivity contribution in [2.75, 3.05) is 21.3 Å². The van der Waals surface area contributed by atoms with Crippen molar-refractivity contribution in [3.05, 3.63) is 95.1 Å². The number of imide groups is 2. The average molecular weight is 829 g/mol. The van der Waals surface area contributed by atoms with Crippen molar-refractivity contribution in [2.24, 2.45) is 23.7 Å². The number of rotatable bonds is 4. The predicted octanol–water partition coefficient (Wildman–Crippen LogP) is 8.97. The van der Waals surface area contributed by atoms with Gasteiger partial charge in [0.15, 0.2) is 0 Å². The lowest BCUT2D eigenvalue weighted by molar-refractivity contribution is -0.139. The molecule has 4 unspecified atom stereocenters. The Kier molecular flexibility index (Phi) is 9.16. The zero-order valence-corrected chi connectivity index (χ0v) is 28.9. The molecule has 0 aromatic heterocycles. The minimum Gasteiger partial charge on any atom is -0.399 e. The Bertz CT molecular complexity index is 2210. The first-order chi connectivity index (χ1) is 26.8. The highest BCUT2D eigenvalue weighted by molar-refractivity contribution is 6.25. The number of anilines is 4. The fourth-order valence-corrected chi connectivity index (χ4v) is 8.03. The van der Waals surface area contributed by atoms with Crippen molar-refractivity contribution in [1.29, 1.82) is 0 Å². The maximum absolute atomic E-state index is 14.4. The van der Waals surface area contributed by atoms with Crippen LogP contribution in [0, 0.1) is 23.7 Å². The highest BCUT2D eigenvalue weighted by Gasteiger charge is 2.60. The second-order valence-electron chi connectivity index (χ2n) is 14.0. The molecule has 1 saturated carbocycles. The fraction of sp³-hybridized carbons (Fsp3) is 0.263. The molecule has 2 saturated heterocycles. The first kappa shape index (κ1) is 40.1. The lowest BCUT2D eigenvalue weighted by Crippen LogP contribution is -2.35. The van der Waals surface area contributed by atoms with Gasteiger partial charge in [-0.25, -0.2) is 0 Å². The van der Waals surface area contributed by atoms with Crippen LogP contribution in [-0.2, 0) is 43.9 Å². The highest BCUT2D eigenvalue weighted by atomic mass is 19.4. The Morgan fingerprint density at radius 1 is 0.397 bits per heavy atom. The van der Waals surface area contributed by atoms with Gasteiger partial charge in [0, 0.05) is 11.4 Å². The van der Waals surface area contributed by atoms with Gasteiger partial charge in [0.25, 0.3) is 0 Å². The molecule has 1 aliphatic carbocycles. The summed E-state index contributed by atoms with van der Waals surface area (Å²) < 4.78 is 170. The second kappa shape index (κ2) is 13.2. The molecule has 4 aromatic rings. The molecule has 3 aliphatic rings. The maximum Gasteiger partial charge on any atom is 0.417 e. The number of benzene rings is 4. The van der Waals surface area contributed by atoms with Crippen molar-refractivity contribution in [2.45, 2.75) is 37.5 Å². The summed E-state index contributed by atoms with van der Waals surface area (Å²) in [5, 5.41) is 0. The Hall–Kier alpha value is -6.08. The molecule has 0 spiro atoms. The van der Waals surface area contributed by atoms with Gasteiger partial charge in [-0.15, -0.1) is 0 Å². The van der Waals surface area contributed by atoms with E-state index in [4.69, 9.17) is 11.5 Å². The van der Waals surface area contributed by atoms with E-state index in [1.807, 2.05) is 0 Å². The van der Waals surface area contributed by atoms with E-state index < -0.39 is 141 Å². The van der Waals surface area contributed by atoms with Crippen LogP contribution in [0.4, 0.5) is 75.4 Å². The van der Waals surface area contributed by atoms with Gasteiger partial charge in [0.1, 0.15) is 0 Å². The third-order valence-electron chi connectivity index (χ3n) is 10.5. The van der Waals surface area contributed by atoms with Crippen LogP contribution in [0.15, 0.2) is 72.8 Å². The van der Waals surface area contributed by atoms with Gasteiger partial charge in [0.05, 0.1) is 57.3 Å². The molecule has 0 radical (unpaired) electrons. The molecule has 8 nitrogen and oxygen atoms in total. The summed E-state index contributed by atoms with van der Waals surface area (Å²) in [7, 11) is 0. The van der Waals surface area contributed by atoms with Crippen LogP contribution in [-0.4, -0.2) is 23.6 Å². The molecule has 4 N–H and O–H groups in total. The minimum atomic E-state index is -5.31. The van der Waals surface area contributed by atoms with Crippen molar-refractivity contribution >= 4 is 46.4 Å². The summed E-state index contributed by atoms with van der Waals surface area (Å²) in [6, 6.07) is 7.88. The highest BCUT2D eigenvalue weighted by Crippen LogP contribution is 2.52. The van der Waals surface area contributed by atoms with Crippen LogP contribution in [0.3, 0.4) is 0 Å². The average Bonchev–Trinajstić information content (AvgIpc) is 3.51. The normalized spacial score (nSPS) is 21.5. The second-order valence-corrected chi connectivity index (χ2v) is 14.0. The molecule has 0 bridgehead atoms. The summed E-state index contributed by atoms with van der Waals surface area (Å²) in [6.07, 6.45) is -22.0. The summed E-state index contributed by atoms with van der Waals surface area (Å²) in [4.78, 5) is 55.6. The standard InChI is InChI=1S/C38H24F12N4O4/c39-35(40,41)27-9-15(51)1-5-19(27)21-7-3-17(11-29(21)37(45,46)47)53-31(55)23-13-25-26(14-24(23)32(53)56)34(58)54(33(25)57)18-4-8-22(30(12-18)38(48,49)50)20-6-2-16(52)10-28(20)36(42,43)44/h1-12,23-26H,13-14,51-52H2. The lowest BCUT2D eigenvalue weighted by atomic mass is 9.70. The molecule has 2 heterocycles. The number of nitrogen functional groups attached to an aromatic ring is 2. The minimum absolute atomic E-state index is 0.321. The van der Waals surface area contributed by atoms with E-state index in [0.29, 0.717) is 46.2 Å². The van der Waals surface area contributed by atoms with Crippen LogP contribution >= 0.6 is 0 Å². The van der Waals surface area contributed by atoms with Crippen molar-refractivity contribution in [3.63, 3.8) is 0 Å². The molecule has 2 aliphatic heterocycles. The van der Waals surface area contributed by atoms with Crippen LogP contribution in [0.5, 0.6) is 0 Å². The van der Waals surface area contributed by atoms with Gasteiger partial charge in [-0.1, -0.05) is 24.3 Å². The maximum atomic E-state index is 14.4. The molecular formula is C38H24F12N4O4. The molecule has 58 heavy (non-hydrogen) atoms. The zero-order chi connectivity index (χ0) is 42.6. The van der Waals surface area contributed by atoms with Crippen molar-refractivity contribution in [1.82, 2.24) is 0 Å². The molecule has 3 fully saturated rings. The van der Waals surface area contributed by atoms with Crippen LogP contribution in [0.2, 0.25) is 0 Å². The topological polar surface area (TPSA) is 127 Å². The van der Waals surface area contributed by atoms with E-state index in [0.717, 1.165) is 36.4 Å². The number of nitrogens with two attached hydrogens (primary N) is 2. The largest absolute Gasteiger partial charge is 0.417 e. The Morgan fingerprint density at radius 3 is 0.897 bits per heavy atom. The van der Waals surface area contributed by atoms with Gasteiger partial charge in [-0.3, -0.25) is 29.0 Å². The fourth-order valence-electron chi connectivity index (χ4n) is 8.03. The van der Waals surface area contributed by atoms with Gasteiger partial charge in [0.2, 0.25) is 23.6 Å². The van der Waals surface area contributed by atoms with Crippen molar-refractivity contribution < 1.29 is 71.9 Å². The third kappa shape index (κ3) is 6.66. The third-order valence-corrected chi connectivity index (χ3v) is 10.5. The van der Waals surface area contributed by atoms with Gasteiger partial charge < -0.3 is 11.5 Å². The van der Waals surface area contributed by atoms with Crippen molar-refractivity contribution in [3.8, 4) is 22.3 Å². The van der Waals surface area contributed by atoms with E-state index >= 15 is 0 Å². The zero-order valence-electron chi connectivity index (χ0n) is 28.9. The van der Waals surface area contributed by atoms with E-state index in [1.54, 1.807) is 0 Å². The van der Waals surface area contributed by atoms with Crippen LogP contribution in [0.1, 0.15) is 35.1 Å². The van der Waals surface area contributed by atoms with E-state index in [1.165, 1.54) is 0 Å². The molecule has 4 amide bonds. The number of fused-ring (bicyclic) bond motifs is 2. The molecule has 4 aromatic carbocycles. The Labute approximate surface area is 318 Å². The lowest BCUT2D eigenvalue weighted by Gasteiger charge is -2.28. The van der Waals surface area contributed by atoms with Crippen LogP contribution in [0.25, 0.3) is 22.3 Å². The summed E-state index contributed by atoms with van der Waals surface area (Å²) in [6.45, 7) is 0. The smallest absolute Gasteiger partial charge is 0.399 e.